The summed E-state index contributed by atoms with van der Waals surface area (Å²) in [6, 6.07) is 18.7. The lowest BCUT2D eigenvalue weighted by Crippen LogP contribution is -2.29. The van der Waals surface area contributed by atoms with Crippen LogP contribution in [0.4, 0.5) is 5.69 Å². The number of hydrazone groups is 1. The van der Waals surface area contributed by atoms with Crippen LogP contribution in [0.1, 0.15) is 34.8 Å². The number of nitrogens with zero attached hydrogens (tertiary/aromatic N) is 2. The fourth-order valence-corrected chi connectivity index (χ4v) is 4.58. The molecule has 10 heteroatoms. The summed E-state index contributed by atoms with van der Waals surface area (Å²) in [5, 5.41) is 4.76. The third kappa shape index (κ3) is 6.56. The van der Waals surface area contributed by atoms with Gasteiger partial charge in [-0.3, -0.25) is 9.10 Å². The Labute approximate surface area is 216 Å². The molecule has 0 atom stereocenters. The molecule has 1 amide bonds. The number of rotatable bonds is 10. The first-order chi connectivity index (χ1) is 17.2. The molecule has 3 aromatic rings. The fraction of sp³-hybridized carbons (Fsp3) is 0.231. The van der Waals surface area contributed by atoms with Crippen LogP contribution in [0.2, 0.25) is 5.02 Å². The predicted molar refractivity (Wildman–Crippen MR) is 143 cm³/mol. The van der Waals surface area contributed by atoms with Gasteiger partial charge in [-0.1, -0.05) is 36.7 Å². The highest BCUT2D eigenvalue weighted by atomic mass is 35.5. The molecule has 1 N–H and O–H groups in total. The van der Waals surface area contributed by atoms with Crippen molar-refractivity contribution < 1.29 is 22.7 Å². The third-order valence-electron chi connectivity index (χ3n) is 5.43. The lowest BCUT2D eigenvalue weighted by Gasteiger charge is -2.23. The average Bonchev–Trinajstić information content (AvgIpc) is 2.87. The molecule has 0 unspecified atom stereocenters. The number of sulfonamides is 1. The summed E-state index contributed by atoms with van der Waals surface area (Å²) in [4.78, 5) is 12.7. The van der Waals surface area contributed by atoms with Gasteiger partial charge in [0, 0.05) is 16.1 Å². The average molecular weight is 530 g/mol. The van der Waals surface area contributed by atoms with Gasteiger partial charge in [-0.15, -0.1) is 0 Å². The Kier molecular flexibility index (Phi) is 8.95. The topological polar surface area (TPSA) is 97.3 Å². The summed E-state index contributed by atoms with van der Waals surface area (Å²) in [5.41, 5.74) is 5.42. The van der Waals surface area contributed by atoms with Crippen LogP contribution >= 0.6 is 11.6 Å². The van der Waals surface area contributed by atoms with Crippen LogP contribution in [-0.2, 0) is 16.6 Å². The van der Waals surface area contributed by atoms with E-state index in [4.69, 9.17) is 21.1 Å². The quantitative estimate of drug-likeness (QED) is 0.298. The Morgan fingerprint density at radius 3 is 2.19 bits per heavy atom. The first-order valence-electron chi connectivity index (χ1n) is 11.1. The number of carbonyl (C=O) groups excluding carboxylic acids is 1. The largest absolute Gasteiger partial charge is 0.493 e. The molecule has 0 aliphatic heterocycles. The molecule has 190 valence electrons. The minimum Gasteiger partial charge on any atom is -0.493 e. The summed E-state index contributed by atoms with van der Waals surface area (Å²) >= 11 is 6.22. The van der Waals surface area contributed by atoms with E-state index in [0.717, 1.165) is 11.8 Å². The molecule has 0 saturated heterocycles. The normalized spacial score (nSPS) is 11.6. The molecule has 0 spiro atoms. The zero-order chi connectivity index (χ0) is 26.3. The molecule has 0 fully saturated rings. The zero-order valence-electron chi connectivity index (χ0n) is 20.5. The van der Waals surface area contributed by atoms with Crippen molar-refractivity contribution in [2.45, 2.75) is 19.9 Å². The van der Waals surface area contributed by atoms with Gasteiger partial charge in [0.25, 0.3) is 5.91 Å². The van der Waals surface area contributed by atoms with Gasteiger partial charge < -0.3 is 9.47 Å². The minimum absolute atomic E-state index is 0.0690. The number of amides is 1. The highest BCUT2D eigenvalue weighted by Gasteiger charge is 2.19. The van der Waals surface area contributed by atoms with Gasteiger partial charge in [-0.2, -0.15) is 5.10 Å². The predicted octanol–water partition coefficient (Wildman–Crippen LogP) is 4.87. The lowest BCUT2D eigenvalue weighted by molar-refractivity contribution is 0.0955. The lowest BCUT2D eigenvalue weighted by atomic mass is 10.1. The van der Waals surface area contributed by atoms with Gasteiger partial charge in [-0.25, -0.2) is 13.8 Å². The summed E-state index contributed by atoms with van der Waals surface area (Å²) in [6.45, 7) is 1.99. The molecule has 36 heavy (non-hydrogen) atoms. The van der Waals surface area contributed by atoms with Crippen molar-refractivity contribution in [3.8, 4) is 11.5 Å². The molecular formula is C26H28ClN3O5S. The van der Waals surface area contributed by atoms with Gasteiger partial charge in [0.05, 0.1) is 38.4 Å². The molecule has 0 aromatic heterocycles. The van der Waals surface area contributed by atoms with Gasteiger partial charge in [0.1, 0.15) is 0 Å². The van der Waals surface area contributed by atoms with Crippen LogP contribution < -0.4 is 19.2 Å². The van der Waals surface area contributed by atoms with E-state index in [2.05, 4.69) is 10.5 Å². The van der Waals surface area contributed by atoms with Gasteiger partial charge in [0.2, 0.25) is 10.0 Å². The number of hydrogen-bond donors (Lipinski definition) is 1. The standard InChI is InChI=1S/C26H28ClN3O5S/c1-5-23(19-12-15-24(34-2)25(16-19)35-3)28-29-26(31)18-10-13-21(14-11-18)30(36(4,32)33)17-20-8-6-7-9-22(20)27/h6-16H,5,17H2,1-4H3,(H,29,31)/b28-23+. The molecule has 0 aliphatic rings. The summed E-state index contributed by atoms with van der Waals surface area (Å²) in [6.07, 6.45) is 1.69. The first kappa shape index (κ1) is 27.0. The SMILES string of the molecule is CC/C(=N\NC(=O)c1ccc(N(Cc2ccccc2Cl)S(C)(=O)=O)cc1)c1ccc(OC)c(OC)c1. The number of ether oxygens (including phenoxy) is 2. The molecule has 8 nitrogen and oxygen atoms in total. The van der Waals surface area contributed by atoms with Crippen molar-refractivity contribution in [2.24, 2.45) is 5.10 Å². The molecule has 0 aliphatic carbocycles. The van der Waals surface area contributed by atoms with Crippen LogP contribution in [0.25, 0.3) is 0 Å². The highest BCUT2D eigenvalue weighted by Crippen LogP contribution is 2.28. The number of anilines is 1. The maximum absolute atomic E-state index is 12.7. The number of halogens is 1. The first-order valence-corrected chi connectivity index (χ1v) is 13.3. The van der Waals surface area contributed by atoms with E-state index >= 15 is 0 Å². The van der Waals surface area contributed by atoms with E-state index in [-0.39, 0.29) is 6.54 Å². The van der Waals surface area contributed by atoms with Gasteiger partial charge >= 0.3 is 0 Å². The van der Waals surface area contributed by atoms with E-state index < -0.39 is 15.9 Å². The number of benzene rings is 3. The van der Waals surface area contributed by atoms with Crippen LogP contribution in [0.3, 0.4) is 0 Å². The Hall–Kier alpha value is -3.56. The van der Waals surface area contributed by atoms with Crippen LogP contribution in [0.5, 0.6) is 11.5 Å². The fourth-order valence-electron chi connectivity index (χ4n) is 3.51. The second kappa shape index (κ2) is 11.9. The number of hydrogen-bond acceptors (Lipinski definition) is 6. The van der Waals surface area contributed by atoms with Crippen LogP contribution in [0.15, 0.2) is 71.8 Å². The van der Waals surface area contributed by atoms with Crippen molar-refractivity contribution in [2.75, 3.05) is 24.8 Å². The van der Waals surface area contributed by atoms with E-state index in [0.29, 0.717) is 45.5 Å². The molecular weight excluding hydrogens is 502 g/mol. The summed E-state index contributed by atoms with van der Waals surface area (Å²) in [7, 11) is -0.489. The second-order valence-electron chi connectivity index (χ2n) is 7.83. The van der Waals surface area contributed by atoms with E-state index in [1.807, 2.05) is 13.0 Å². The van der Waals surface area contributed by atoms with Crippen molar-refractivity contribution in [1.29, 1.82) is 0 Å². The maximum atomic E-state index is 12.7. The Balaban J connectivity index is 1.79. The van der Waals surface area contributed by atoms with Gasteiger partial charge in [-0.05, 0) is 60.5 Å². The molecule has 0 radical (unpaired) electrons. The number of methoxy groups -OCH3 is 2. The van der Waals surface area contributed by atoms with Crippen molar-refractivity contribution in [1.82, 2.24) is 5.43 Å². The Bertz CT molecular complexity index is 1360. The van der Waals surface area contributed by atoms with Crippen molar-refractivity contribution in [3.05, 3.63) is 88.4 Å². The molecule has 0 bridgehead atoms. The molecule has 0 saturated carbocycles. The van der Waals surface area contributed by atoms with Crippen molar-refractivity contribution in [3.63, 3.8) is 0 Å². The molecule has 0 heterocycles. The summed E-state index contributed by atoms with van der Waals surface area (Å²) in [5.74, 6) is 0.730. The third-order valence-corrected chi connectivity index (χ3v) is 6.94. The van der Waals surface area contributed by atoms with E-state index in [9.17, 15) is 13.2 Å². The second-order valence-corrected chi connectivity index (χ2v) is 10.1. The molecule has 3 aromatic carbocycles. The van der Waals surface area contributed by atoms with Crippen LogP contribution in [-0.4, -0.2) is 40.5 Å². The van der Waals surface area contributed by atoms with Gasteiger partial charge in [0.15, 0.2) is 11.5 Å². The zero-order valence-corrected chi connectivity index (χ0v) is 22.1. The molecule has 3 rings (SSSR count). The van der Waals surface area contributed by atoms with E-state index in [1.165, 1.54) is 4.31 Å². The minimum atomic E-state index is -3.60. The maximum Gasteiger partial charge on any atom is 0.271 e. The highest BCUT2D eigenvalue weighted by molar-refractivity contribution is 7.92. The Morgan fingerprint density at radius 2 is 1.61 bits per heavy atom. The van der Waals surface area contributed by atoms with Crippen LogP contribution in [0, 0.1) is 0 Å². The number of nitrogens with one attached hydrogen (secondary N) is 1. The van der Waals surface area contributed by atoms with E-state index in [1.54, 1.807) is 74.9 Å². The summed E-state index contributed by atoms with van der Waals surface area (Å²) < 4.78 is 36.8. The monoisotopic (exact) mass is 529 g/mol. The smallest absolute Gasteiger partial charge is 0.271 e. The number of carbonyl (C=O) groups is 1. The van der Waals surface area contributed by atoms with Crippen molar-refractivity contribution >= 4 is 38.9 Å². The Morgan fingerprint density at radius 1 is 0.972 bits per heavy atom.